The Morgan fingerprint density at radius 3 is 2.73 bits per heavy atom. The van der Waals surface area contributed by atoms with Crippen molar-refractivity contribution in [2.75, 3.05) is 25.7 Å². The Balaban J connectivity index is 2.04. The third kappa shape index (κ3) is 4.17. The molecular formula is C19H23BrN6O4. The number of hydrogen-bond donors (Lipinski definition) is 1. The average molecular weight is 479 g/mol. The number of methoxy groups -OCH3 is 1. The van der Waals surface area contributed by atoms with E-state index in [1.165, 1.54) is 11.6 Å². The van der Waals surface area contributed by atoms with Gasteiger partial charge in [-0.3, -0.25) is 13.9 Å². The predicted molar refractivity (Wildman–Crippen MR) is 119 cm³/mol. The molecule has 160 valence electrons. The van der Waals surface area contributed by atoms with E-state index in [1.807, 2.05) is 25.1 Å². The molecule has 3 rings (SSSR count). The van der Waals surface area contributed by atoms with E-state index in [1.54, 1.807) is 24.9 Å². The number of fused-ring (bicyclic) bond motifs is 1. The lowest BCUT2D eigenvalue weighted by atomic mass is 10.2. The molecule has 0 aliphatic rings. The summed E-state index contributed by atoms with van der Waals surface area (Å²) in [5.41, 5.74) is 3.33. The van der Waals surface area contributed by atoms with Crippen LogP contribution >= 0.6 is 15.9 Å². The van der Waals surface area contributed by atoms with Crippen LogP contribution in [0.2, 0.25) is 0 Å². The minimum atomic E-state index is -0.448. The van der Waals surface area contributed by atoms with Crippen LogP contribution in [0.15, 0.2) is 37.4 Å². The number of hydrogen-bond acceptors (Lipinski definition) is 7. The molecule has 0 bridgehead atoms. The number of anilines is 1. The van der Waals surface area contributed by atoms with Gasteiger partial charge in [-0.25, -0.2) is 10.2 Å². The van der Waals surface area contributed by atoms with Crippen molar-refractivity contribution >= 4 is 39.3 Å². The van der Waals surface area contributed by atoms with Crippen LogP contribution in [-0.2, 0) is 25.4 Å². The van der Waals surface area contributed by atoms with E-state index in [-0.39, 0.29) is 5.65 Å². The van der Waals surface area contributed by atoms with Crippen LogP contribution in [0.25, 0.3) is 11.2 Å². The molecule has 30 heavy (non-hydrogen) atoms. The van der Waals surface area contributed by atoms with Crippen molar-refractivity contribution < 1.29 is 9.47 Å². The standard InChI is InChI=1S/C19H23BrN6O4/c1-5-30-9-8-26-15-16(24(2)19(28)25(3)17(15)27)22-18(26)23-21-11-12-10-13(20)6-7-14(12)29-4/h6-7,10-11H,5,8-9H2,1-4H3,(H,22,23). The molecule has 0 fully saturated rings. The first kappa shape index (κ1) is 21.8. The summed E-state index contributed by atoms with van der Waals surface area (Å²) in [7, 11) is 4.59. The number of ether oxygens (including phenoxy) is 2. The Labute approximate surface area is 180 Å². The van der Waals surface area contributed by atoms with Crippen molar-refractivity contribution in [3.63, 3.8) is 0 Å². The Kier molecular flexibility index (Phi) is 6.73. The molecular weight excluding hydrogens is 456 g/mol. The molecule has 2 heterocycles. The van der Waals surface area contributed by atoms with E-state index in [9.17, 15) is 9.59 Å². The van der Waals surface area contributed by atoms with Gasteiger partial charge in [0, 0.05) is 37.3 Å². The van der Waals surface area contributed by atoms with E-state index >= 15 is 0 Å². The second-order valence-electron chi connectivity index (χ2n) is 6.42. The maximum atomic E-state index is 12.7. The summed E-state index contributed by atoms with van der Waals surface area (Å²) < 4.78 is 15.7. The molecule has 0 aliphatic heterocycles. The summed E-state index contributed by atoms with van der Waals surface area (Å²) in [4.78, 5) is 29.5. The van der Waals surface area contributed by atoms with Gasteiger partial charge in [0.25, 0.3) is 5.56 Å². The number of rotatable bonds is 8. The van der Waals surface area contributed by atoms with Gasteiger partial charge in [0.05, 0.1) is 19.9 Å². The second kappa shape index (κ2) is 9.26. The largest absolute Gasteiger partial charge is 0.496 e. The predicted octanol–water partition coefficient (Wildman–Crippen LogP) is 1.69. The highest BCUT2D eigenvalue weighted by Gasteiger charge is 2.18. The molecule has 1 N–H and O–H groups in total. The molecule has 1 aromatic carbocycles. The van der Waals surface area contributed by atoms with Crippen molar-refractivity contribution in [1.82, 2.24) is 18.7 Å². The summed E-state index contributed by atoms with van der Waals surface area (Å²) in [5, 5.41) is 4.25. The highest BCUT2D eigenvalue weighted by molar-refractivity contribution is 9.10. The highest BCUT2D eigenvalue weighted by atomic mass is 79.9. The van der Waals surface area contributed by atoms with Crippen molar-refractivity contribution in [3.8, 4) is 5.75 Å². The number of aryl methyl sites for hydroxylation is 1. The SMILES string of the molecule is CCOCCn1c(NN=Cc2cc(Br)ccc2OC)nc2c1c(=O)n(C)c(=O)n2C. The van der Waals surface area contributed by atoms with Crippen LogP contribution in [-0.4, -0.2) is 45.2 Å². The molecule has 0 unspecified atom stereocenters. The summed E-state index contributed by atoms with van der Waals surface area (Å²) in [5.74, 6) is 0.984. The normalized spacial score (nSPS) is 11.5. The minimum Gasteiger partial charge on any atom is -0.496 e. The maximum Gasteiger partial charge on any atom is 0.332 e. The van der Waals surface area contributed by atoms with Gasteiger partial charge in [0.2, 0.25) is 5.95 Å². The summed E-state index contributed by atoms with van der Waals surface area (Å²) in [6, 6.07) is 5.55. The van der Waals surface area contributed by atoms with Gasteiger partial charge in [-0.2, -0.15) is 10.1 Å². The first-order valence-corrected chi connectivity index (χ1v) is 10.0. The Bertz CT molecular complexity index is 1210. The quantitative estimate of drug-likeness (QED) is 0.300. The number of nitrogens with one attached hydrogen (secondary N) is 1. The van der Waals surface area contributed by atoms with Crippen LogP contribution in [0, 0.1) is 0 Å². The van der Waals surface area contributed by atoms with Gasteiger partial charge in [0.1, 0.15) is 5.75 Å². The first-order valence-electron chi connectivity index (χ1n) is 9.25. The molecule has 3 aromatic rings. The van der Waals surface area contributed by atoms with E-state index in [0.717, 1.165) is 14.6 Å². The fourth-order valence-corrected chi connectivity index (χ4v) is 3.39. The van der Waals surface area contributed by atoms with Gasteiger partial charge in [0.15, 0.2) is 11.2 Å². The maximum absolute atomic E-state index is 12.7. The van der Waals surface area contributed by atoms with Gasteiger partial charge < -0.3 is 14.0 Å². The van der Waals surface area contributed by atoms with E-state index in [2.05, 4.69) is 31.4 Å². The molecule has 0 amide bonds. The highest BCUT2D eigenvalue weighted by Crippen LogP contribution is 2.21. The topological polar surface area (TPSA) is 105 Å². The fraction of sp³-hybridized carbons (Fsp3) is 0.368. The van der Waals surface area contributed by atoms with Crippen molar-refractivity contribution in [2.45, 2.75) is 13.5 Å². The zero-order valence-corrected chi connectivity index (χ0v) is 18.8. The Morgan fingerprint density at radius 1 is 1.27 bits per heavy atom. The average Bonchev–Trinajstić information content (AvgIpc) is 3.09. The van der Waals surface area contributed by atoms with Crippen LogP contribution in [0.4, 0.5) is 5.95 Å². The third-order valence-electron chi connectivity index (χ3n) is 4.57. The van der Waals surface area contributed by atoms with Gasteiger partial charge in [-0.05, 0) is 25.1 Å². The minimum absolute atomic E-state index is 0.275. The van der Waals surface area contributed by atoms with E-state index < -0.39 is 11.2 Å². The monoisotopic (exact) mass is 478 g/mol. The number of benzene rings is 1. The number of aromatic nitrogens is 4. The molecule has 11 heteroatoms. The van der Waals surface area contributed by atoms with Gasteiger partial charge in [-0.1, -0.05) is 15.9 Å². The molecule has 0 radical (unpaired) electrons. The van der Waals surface area contributed by atoms with E-state index in [4.69, 9.17) is 9.47 Å². The van der Waals surface area contributed by atoms with E-state index in [0.29, 0.717) is 37.0 Å². The van der Waals surface area contributed by atoms with Crippen LogP contribution in [0.1, 0.15) is 12.5 Å². The number of imidazole rings is 1. The molecule has 0 aliphatic carbocycles. The fourth-order valence-electron chi connectivity index (χ4n) is 3.02. The van der Waals surface area contributed by atoms with Crippen molar-refractivity contribution in [1.29, 1.82) is 0 Å². The zero-order chi connectivity index (χ0) is 21.8. The lowest BCUT2D eigenvalue weighted by Crippen LogP contribution is -2.37. The summed E-state index contributed by atoms with van der Waals surface area (Å²) in [6.45, 7) is 3.19. The molecule has 0 saturated carbocycles. The van der Waals surface area contributed by atoms with Crippen molar-refractivity contribution in [3.05, 3.63) is 49.1 Å². The van der Waals surface area contributed by atoms with Crippen LogP contribution in [0.3, 0.4) is 0 Å². The number of halogens is 1. The molecule has 0 atom stereocenters. The lowest BCUT2D eigenvalue weighted by molar-refractivity contribution is 0.140. The number of nitrogens with zero attached hydrogens (tertiary/aromatic N) is 5. The van der Waals surface area contributed by atoms with Crippen LogP contribution < -0.4 is 21.4 Å². The lowest BCUT2D eigenvalue weighted by Gasteiger charge is -2.09. The molecule has 0 saturated heterocycles. The Hall–Kier alpha value is -2.92. The smallest absolute Gasteiger partial charge is 0.332 e. The Morgan fingerprint density at radius 2 is 2.03 bits per heavy atom. The number of hydrazone groups is 1. The van der Waals surface area contributed by atoms with Crippen LogP contribution in [0.5, 0.6) is 5.75 Å². The third-order valence-corrected chi connectivity index (χ3v) is 5.06. The first-order chi connectivity index (χ1) is 14.4. The summed E-state index contributed by atoms with van der Waals surface area (Å²) >= 11 is 3.42. The second-order valence-corrected chi connectivity index (χ2v) is 7.33. The zero-order valence-electron chi connectivity index (χ0n) is 17.2. The molecule has 10 nitrogen and oxygen atoms in total. The molecule has 0 spiro atoms. The molecule has 2 aromatic heterocycles. The van der Waals surface area contributed by atoms with Gasteiger partial charge >= 0.3 is 5.69 Å². The summed E-state index contributed by atoms with van der Waals surface area (Å²) in [6.07, 6.45) is 1.59. The van der Waals surface area contributed by atoms with Gasteiger partial charge in [-0.15, -0.1) is 0 Å². The van der Waals surface area contributed by atoms with Crippen molar-refractivity contribution in [2.24, 2.45) is 19.2 Å².